The van der Waals surface area contributed by atoms with Gasteiger partial charge in [0, 0.05) is 40.5 Å². The van der Waals surface area contributed by atoms with E-state index in [1.807, 2.05) is 39.2 Å². The number of halogens is 3. The van der Waals surface area contributed by atoms with E-state index < -0.39 is 17.5 Å². The summed E-state index contributed by atoms with van der Waals surface area (Å²) in [6.45, 7) is 1.99. The van der Waals surface area contributed by atoms with Gasteiger partial charge in [0.1, 0.15) is 23.1 Å². The average Bonchev–Trinajstić information content (AvgIpc) is 3.47. The van der Waals surface area contributed by atoms with Crippen molar-refractivity contribution in [3.8, 4) is 11.3 Å². The summed E-state index contributed by atoms with van der Waals surface area (Å²) in [5.41, 5.74) is 9.59. The highest BCUT2D eigenvalue weighted by Crippen LogP contribution is 2.34. The van der Waals surface area contributed by atoms with E-state index in [9.17, 15) is 18.0 Å². The Morgan fingerprint density at radius 3 is 2.52 bits per heavy atom. The second-order valence-corrected chi connectivity index (χ2v) is 11.8. The number of benzene rings is 3. The Morgan fingerprint density at radius 1 is 1.00 bits per heavy atom. The summed E-state index contributed by atoms with van der Waals surface area (Å²) >= 11 is 0. The monoisotopic (exact) mass is 626 g/mol. The number of carbonyl (C=O) groups excluding carboxylic acids is 1. The molecule has 2 aliphatic rings. The molecule has 1 aromatic heterocycles. The number of carbonyl (C=O) groups is 1. The molecule has 46 heavy (non-hydrogen) atoms. The van der Waals surface area contributed by atoms with Crippen LogP contribution in [0.5, 0.6) is 0 Å². The number of anilines is 2. The first-order chi connectivity index (χ1) is 22.1. The number of amides is 1. The molecule has 0 bridgehead atoms. The molecule has 9 nitrogen and oxygen atoms in total. The van der Waals surface area contributed by atoms with Crippen LogP contribution in [0.1, 0.15) is 41.5 Å². The Hall–Kier alpha value is -5.10. The summed E-state index contributed by atoms with van der Waals surface area (Å²) in [6, 6.07) is 13.7. The predicted octanol–water partition coefficient (Wildman–Crippen LogP) is 5.76. The Bertz CT molecular complexity index is 1870. The third kappa shape index (κ3) is 6.34. The molecule has 236 valence electrons. The van der Waals surface area contributed by atoms with Crippen molar-refractivity contribution in [3.63, 3.8) is 0 Å². The number of aromatic nitrogens is 2. The van der Waals surface area contributed by atoms with Gasteiger partial charge in [0.25, 0.3) is 0 Å². The smallest absolute Gasteiger partial charge is 0.229 e. The molecule has 6 rings (SSSR count). The van der Waals surface area contributed by atoms with Gasteiger partial charge in [0.2, 0.25) is 17.8 Å². The van der Waals surface area contributed by atoms with Crippen LogP contribution in [0.15, 0.2) is 70.8 Å². The molecule has 0 radical (unpaired) electrons. The molecule has 2 unspecified atom stereocenters. The lowest BCUT2D eigenvalue weighted by Gasteiger charge is -2.18. The first-order valence-electron chi connectivity index (χ1n) is 14.9. The van der Waals surface area contributed by atoms with Gasteiger partial charge in [-0.05, 0) is 76.7 Å². The van der Waals surface area contributed by atoms with E-state index in [0.29, 0.717) is 34.1 Å². The van der Waals surface area contributed by atoms with Crippen LogP contribution in [-0.4, -0.2) is 52.6 Å². The fraction of sp³-hybridized carbons (Fsp3) is 0.265. The average molecular weight is 627 g/mol. The molecule has 4 N–H and O–H groups in total. The number of fused-ring (bicyclic) bond motifs is 3. The minimum absolute atomic E-state index is 0.0825. The zero-order valence-electron chi connectivity index (χ0n) is 25.6. The number of nitrogens with one attached hydrogen (secondary N) is 2. The number of guanidine groups is 1. The minimum Gasteiger partial charge on any atom is -0.369 e. The molecule has 3 aromatic carbocycles. The molecular formula is C34H33F3N8O. The quantitative estimate of drug-likeness (QED) is 0.185. The fourth-order valence-electron chi connectivity index (χ4n) is 5.92. The molecule has 1 aliphatic carbocycles. The largest absolute Gasteiger partial charge is 0.369 e. The topological polar surface area (TPSA) is 121 Å². The lowest BCUT2D eigenvalue weighted by molar-refractivity contribution is -0.123. The van der Waals surface area contributed by atoms with Crippen LogP contribution in [0.4, 0.5) is 30.5 Å². The highest BCUT2D eigenvalue weighted by atomic mass is 19.1. The van der Waals surface area contributed by atoms with Crippen molar-refractivity contribution >= 4 is 34.9 Å². The van der Waals surface area contributed by atoms with Gasteiger partial charge in [0.05, 0.1) is 23.5 Å². The van der Waals surface area contributed by atoms with Crippen LogP contribution in [0.3, 0.4) is 0 Å². The van der Waals surface area contributed by atoms with Crippen LogP contribution < -0.4 is 16.4 Å². The van der Waals surface area contributed by atoms with E-state index >= 15 is 0 Å². The molecular weight excluding hydrogens is 593 g/mol. The van der Waals surface area contributed by atoms with E-state index in [1.165, 1.54) is 36.4 Å². The third-order valence-electron chi connectivity index (χ3n) is 8.36. The van der Waals surface area contributed by atoms with Gasteiger partial charge in [-0.2, -0.15) is 0 Å². The van der Waals surface area contributed by atoms with Crippen molar-refractivity contribution in [3.05, 3.63) is 100 Å². The zero-order chi connectivity index (χ0) is 32.5. The van der Waals surface area contributed by atoms with Gasteiger partial charge in [0.15, 0.2) is 0 Å². The maximum atomic E-state index is 14.9. The van der Waals surface area contributed by atoms with Crippen molar-refractivity contribution in [1.29, 1.82) is 0 Å². The van der Waals surface area contributed by atoms with E-state index in [1.54, 1.807) is 6.20 Å². The number of aryl methyl sites for hydroxylation is 1. The van der Waals surface area contributed by atoms with Gasteiger partial charge >= 0.3 is 0 Å². The fourth-order valence-corrected chi connectivity index (χ4v) is 5.92. The summed E-state index contributed by atoms with van der Waals surface area (Å²) in [4.78, 5) is 32.7. The molecule has 2 heterocycles. The summed E-state index contributed by atoms with van der Waals surface area (Å²) in [7, 11) is 3.98. The van der Waals surface area contributed by atoms with Gasteiger partial charge in [-0.25, -0.2) is 28.1 Å². The van der Waals surface area contributed by atoms with Crippen molar-refractivity contribution < 1.29 is 18.0 Å². The number of hydrogen-bond acceptors (Lipinski definition) is 7. The van der Waals surface area contributed by atoms with E-state index in [4.69, 9.17) is 10.7 Å². The van der Waals surface area contributed by atoms with Crippen LogP contribution in [0.2, 0.25) is 0 Å². The number of aliphatic imine (C=N–C) groups is 2. The van der Waals surface area contributed by atoms with Gasteiger partial charge in [-0.15, -0.1) is 0 Å². The molecule has 0 saturated heterocycles. The number of nitrogens with zero attached hydrogens (tertiary/aromatic N) is 5. The lowest BCUT2D eigenvalue weighted by Crippen LogP contribution is -2.40. The molecule has 1 aliphatic heterocycles. The second kappa shape index (κ2) is 12.7. The Labute approximate surface area is 264 Å². The maximum absolute atomic E-state index is 14.9. The summed E-state index contributed by atoms with van der Waals surface area (Å²) in [5.74, 6) is -2.48. The standard InChI is InChI=1S/C34H33F3N8O/c1-18-7-11-23-24(13-18)31(29-26(36)5-4-6-27(29)37)39-16-20-17-40-34(43-30(20)23)41-21-9-12-25(35)28(15-21)42-33(38)44-32(46)19-8-10-22(14-19)45(2)3/h4-7,9,11-13,15,17,19,22H,8,10,14,16H2,1-3H3,(H,40,41,43)(H3,38,42,44,46). The van der Waals surface area contributed by atoms with E-state index in [0.717, 1.165) is 24.8 Å². The number of hydrogen-bond donors (Lipinski definition) is 3. The first-order valence-corrected chi connectivity index (χ1v) is 14.9. The Kier molecular flexibility index (Phi) is 8.55. The molecule has 1 saturated carbocycles. The minimum atomic E-state index is -0.711. The molecule has 1 amide bonds. The molecule has 12 heteroatoms. The zero-order valence-corrected chi connectivity index (χ0v) is 25.6. The van der Waals surface area contributed by atoms with Crippen molar-refractivity contribution in [2.75, 3.05) is 19.4 Å². The van der Waals surface area contributed by atoms with Gasteiger partial charge in [-0.1, -0.05) is 23.8 Å². The highest BCUT2D eigenvalue weighted by Gasteiger charge is 2.31. The van der Waals surface area contributed by atoms with E-state index in [2.05, 4.69) is 30.5 Å². The van der Waals surface area contributed by atoms with Crippen LogP contribution in [0.25, 0.3) is 11.3 Å². The summed E-state index contributed by atoms with van der Waals surface area (Å²) in [5, 5.41) is 5.67. The summed E-state index contributed by atoms with van der Waals surface area (Å²) in [6.07, 6.45) is 3.98. The highest BCUT2D eigenvalue weighted by molar-refractivity contribution is 6.17. The van der Waals surface area contributed by atoms with E-state index in [-0.39, 0.29) is 47.2 Å². The van der Waals surface area contributed by atoms with Gasteiger partial charge < -0.3 is 16.0 Å². The Balaban J connectivity index is 1.25. The lowest BCUT2D eigenvalue weighted by atomic mass is 9.93. The maximum Gasteiger partial charge on any atom is 0.229 e. The van der Waals surface area contributed by atoms with Gasteiger partial charge in [-0.3, -0.25) is 15.1 Å². The second-order valence-electron chi connectivity index (χ2n) is 11.8. The SMILES string of the molecule is Cc1ccc2c(c1)C(c1c(F)cccc1F)=NCc1cnc(Nc3ccc(F)c(N=C(N)NC(=O)C4CCC(N(C)C)C4)c3)nc1-2. The third-order valence-corrected chi connectivity index (χ3v) is 8.36. The van der Waals surface area contributed by atoms with Crippen molar-refractivity contribution in [2.45, 2.75) is 38.8 Å². The van der Waals surface area contributed by atoms with Crippen LogP contribution >= 0.6 is 0 Å². The molecule has 1 fully saturated rings. The number of nitrogens with two attached hydrogens (primary N) is 1. The first kappa shape index (κ1) is 30.9. The molecule has 2 atom stereocenters. The molecule has 0 spiro atoms. The van der Waals surface area contributed by atoms with Crippen molar-refractivity contribution in [2.24, 2.45) is 21.6 Å². The number of rotatable bonds is 6. The molecule has 4 aromatic rings. The Morgan fingerprint density at radius 2 is 1.78 bits per heavy atom. The normalized spacial score (nSPS) is 17.6. The predicted molar refractivity (Wildman–Crippen MR) is 172 cm³/mol. The summed E-state index contributed by atoms with van der Waals surface area (Å²) < 4.78 is 44.5. The van der Waals surface area contributed by atoms with Crippen LogP contribution in [-0.2, 0) is 11.3 Å². The van der Waals surface area contributed by atoms with Crippen LogP contribution in [0, 0.1) is 30.3 Å². The van der Waals surface area contributed by atoms with Crippen molar-refractivity contribution in [1.82, 2.24) is 20.2 Å².